The molecule has 0 N–H and O–H groups in total. The maximum Gasteiger partial charge on any atom is 0.226 e. The third-order valence-corrected chi connectivity index (χ3v) is 4.77. The van der Waals surface area contributed by atoms with Crippen molar-refractivity contribution in [3.8, 4) is 0 Å². The van der Waals surface area contributed by atoms with Crippen molar-refractivity contribution in [3.05, 3.63) is 35.9 Å². The Morgan fingerprint density at radius 2 is 1.76 bits per heavy atom. The van der Waals surface area contributed by atoms with Gasteiger partial charge in [0.25, 0.3) is 0 Å². The van der Waals surface area contributed by atoms with Gasteiger partial charge < -0.3 is 4.90 Å². The van der Waals surface area contributed by atoms with Crippen LogP contribution in [-0.2, 0) is 11.3 Å². The lowest BCUT2D eigenvalue weighted by atomic mass is 9.95. The number of carbonyl (C=O) groups excluding carboxylic acids is 1. The number of hydrogen-bond acceptors (Lipinski definition) is 2. The zero-order valence-electron chi connectivity index (χ0n) is 12.8. The predicted molar refractivity (Wildman–Crippen MR) is 84.9 cm³/mol. The van der Waals surface area contributed by atoms with E-state index < -0.39 is 0 Å². The summed E-state index contributed by atoms with van der Waals surface area (Å²) in [7, 11) is 0. The lowest BCUT2D eigenvalue weighted by Gasteiger charge is -2.36. The van der Waals surface area contributed by atoms with Gasteiger partial charge in [0, 0.05) is 26.2 Å². The fourth-order valence-electron chi connectivity index (χ4n) is 3.61. The maximum atomic E-state index is 12.7. The summed E-state index contributed by atoms with van der Waals surface area (Å²) in [5.41, 5.74) is 1.35. The van der Waals surface area contributed by atoms with Crippen molar-refractivity contribution in [2.75, 3.05) is 26.2 Å². The molecule has 0 aromatic heterocycles. The van der Waals surface area contributed by atoms with E-state index in [2.05, 4.69) is 40.1 Å². The normalized spacial score (nSPS) is 24.0. The Labute approximate surface area is 127 Å². The van der Waals surface area contributed by atoms with Gasteiger partial charge in [-0.05, 0) is 44.2 Å². The number of nitrogens with zero attached hydrogens (tertiary/aromatic N) is 2. The summed E-state index contributed by atoms with van der Waals surface area (Å²) >= 11 is 0. The molecular formula is C18H26N2O. The van der Waals surface area contributed by atoms with Crippen molar-refractivity contribution in [2.24, 2.45) is 5.92 Å². The van der Waals surface area contributed by atoms with Crippen LogP contribution in [0.5, 0.6) is 0 Å². The van der Waals surface area contributed by atoms with Gasteiger partial charge in [-0.3, -0.25) is 9.69 Å². The molecule has 0 saturated carbocycles. The third-order valence-electron chi connectivity index (χ3n) is 4.77. The van der Waals surface area contributed by atoms with Crippen LogP contribution in [0, 0.1) is 5.92 Å². The molecule has 0 bridgehead atoms. The van der Waals surface area contributed by atoms with Gasteiger partial charge in [0.05, 0.1) is 5.92 Å². The monoisotopic (exact) mass is 286 g/mol. The van der Waals surface area contributed by atoms with Crippen molar-refractivity contribution < 1.29 is 4.79 Å². The first-order valence-electron chi connectivity index (χ1n) is 8.38. The van der Waals surface area contributed by atoms with E-state index in [1.807, 2.05) is 0 Å². The molecule has 21 heavy (non-hydrogen) atoms. The van der Waals surface area contributed by atoms with E-state index >= 15 is 0 Å². The molecular weight excluding hydrogens is 260 g/mol. The fourth-order valence-corrected chi connectivity index (χ4v) is 3.61. The van der Waals surface area contributed by atoms with Gasteiger partial charge in [-0.15, -0.1) is 0 Å². The molecule has 2 aliphatic heterocycles. The van der Waals surface area contributed by atoms with Gasteiger partial charge in [0.2, 0.25) is 5.91 Å². The van der Waals surface area contributed by atoms with Crippen molar-refractivity contribution in [1.82, 2.24) is 9.80 Å². The molecule has 0 aliphatic carbocycles. The maximum absolute atomic E-state index is 12.7. The number of rotatable bonds is 3. The number of benzene rings is 1. The van der Waals surface area contributed by atoms with Crippen LogP contribution < -0.4 is 0 Å². The molecule has 0 radical (unpaired) electrons. The fraction of sp³-hybridized carbons (Fsp3) is 0.611. The van der Waals surface area contributed by atoms with Crippen molar-refractivity contribution >= 4 is 5.91 Å². The minimum atomic E-state index is 0.223. The molecule has 114 valence electrons. The van der Waals surface area contributed by atoms with Crippen LogP contribution in [0.3, 0.4) is 0 Å². The smallest absolute Gasteiger partial charge is 0.226 e. The second-order valence-corrected chi connectivity index (χ2v) is 6.45. The van der Waals surface area contributed by atoms with Crippen LogP contribution in [-0.4, -0.2) is 41.9 Å². The summed E-state index contributed by atoms with van der Waals surface area (Å²) < 4.78 is 0. The summed E-state index contributed by atoms with van der Waals surface area (Å²) in [6.07, 6.45) is 5.88. The van der Waals surface area contributed by atoms with Crippen LogP contribution in [0.25, 0.3) is 0 Å². The lowest BCUT2D eigenvalue weighted by Crippen LogP contribution is -2.46. The first-order valence-corrected chi connectivity index (χ1v) is 8.38. The highest BCUT2D eigenvalue weighted by atomic mass is 16.2. The van der Waals surface area contributed by atoms with Crippen LogP contribution in [0.15, 0.2) is 30.3 Å². The summed E-state index contributed by atoms with van der Waals surface area (Å²) in [5, 5.41) is 0. The van der Waals surface area contributed by atoms with Crippen LogP contribution in [0.2, 0.25) is 0 Å². The van der Waals surface area contributed by atoms with Gasteiger partial charge in [0.1, 0.15) is 0 Å². The number of amides is 1. The molecule has 1 amide bonds. The zero-order chi connectivity index (χ0) is 14.5. The highest BCUT2D eigenvalue weighted by Crippen LogP contribution is 2.22. The van der Waals surface area contributed by atoms with E-state index in [1.165, 1.54) is 24.8 Å². The molecule has 0 spiro atoms. The minimum Gasteiger partial charge on any atom is -0.342 e. The van der Waals surface area contributed by atoms with Crippen molar-refractivity contribution in [2.45, 2.75) is 38.6 Å². The average Bonchev–Trinajstić information content (AvgIpc) is 2.56. The molecule has 2 saturated heterocycles. The SMILES string of the molecule is O=C([C@H]1CCCN(Cc2ccccc2)C1)N1CCCCC1. The van der Waals surface area contributed by atoms with Gasteiger partial charge in [-0.25, -0.2) is 0 Å². The van der Waals surface area contributed by atoms with E-state index in [-0.39, 0.29) is 5.92 Å². The molecule has 2 fully saturated rings. The Bertz CT molecular complexity index is 454. The molecule has 3 rings (SSSR count). The summed E-state index contributed by atoms with van der Waals surface area (Å²) in [6, 6.07) is 10.6. The number of piperidine rings is 2. The Morgan fingerprint density at radius 1 is 1.00 bits per heavy atom. The summed E-state index contributed by atoms with van der Waals surface area (Å²) in [6.45, 7) is 5.00. The van der Waals surface area contributed by atoms with Crippen LogP contribution >= 0.6 is 0 Å². The molecule has 0 unspecified atom stereocenters. The van der Waals surface area contributed by atoms with E-state index in [4.69, 9.17) is 0 Å². The number of carbonyl (C=O) groups is 1. The quantitative estimate of drug-likeness (QED) is 0.853. The Kier molecular flexibility index (Phi) is 4.91. The first-order chi connectivity index (χ1) is 10.3. The molecule has 1 aromatic rings. The molecule has 3 nitrogen and oxygen atoms in total. The number of hydrogen-bond donors (Lipinski definition) is 0. The molecule has 3 heteroatoms. The summed E-state index contributed by atoms with van der Waals surface area (Å²) in [5.74, 6) is 0.632. The average molecular weight is 286 g/mol. The number of likely N-dealkylation sites (tertiary alicyclic amines) is 2. The van der Waals surface area contributed by atoms with E-state index in [0.29, 0.717) is 5.91 Å². The van der Waals surface area contributed by atoms with Gasteiger partial charge >= 0.3 is 0 Å². The van der Waals surface area contributed by atoms with E-state index in [0.717, 1.165) is 45.6 Å². The predicted octanol–water partition coefficient (Wildman–Crippen LogP) is 2.91. The minimum absolute atomic E-state index is 0.223. The first kappa shape index (κ1) is 14.6. The van der Waals surface area contributed by atoms with Crippen molar-refractivity contribution in [1.29, 1.82) is 0 Å². The standard InChI is InChI=1S/C18H26N2O/c21-18(20-12-5-2-6-13-20)17-10-7-11-19(15-17)14-16-8-3-1-4-9-16/h1,3-4,8-9,17H,2,5-7,10-15H2/t17-/m0/s1. The van der Waals surface area contributed by atoms with Gasteiger partial charge in [-0.1, -0.05) is 30.3 Å². The van der Waals surface area contributed by atoms with E-state index in [9.17, 15) is 4.79 Å². The molecule has 1 aromatic carbocycles. The topological polar surface area (TPSA) is 23.6 Å². The Balaban J connectivity index is 1.56. The van der Waals surface area contributed by atoms with Gasteiger partial charge in [-0.2, -0.15) is 0 Å². The highest BCUT2D eigenvalue weighted by Gasteiger charge is 2.29. The molecule has 2 heterocycles. The van der Waals surface area contributed by atoms with Gasteiger partial charge in [0.15, 0.2) is 0 Å². The second-order valence-electron chi connectivity index (χ2n) is 6.45. The highest BCUT2D eigenvalue weighted by molar-refractivity contribution is 5.79. The van der Waals surface area contributed by atoms with Crippen LogP contribution in [0.1, 0.15) is 37.7 Å². The third kappa shape index (κ3) is 3.85. The second kappa shape index (κ2) is 7.08. The largest absolute Gasteiger partial charge is 0.342 e. The molecule has 2 aliphatic rings. The lowest BCUT2D eigenvalue weighted by molar-refractivity contribution is -0.138. The molecule has 1 atom stereocenters. The zero-order valence-corrected chi connectivity index (χ0v) is 12.8. The van der Waals surface area contributed by atoms with E-state index in [1.54, 1.807) is 0 Å². The summed E-state index contributed by atoms with van der Waals surface area (Å²) in [4.78, 5) is 17.2. The van der Waals surface area contributed by atoms with Crippen LogP contribution in [0.4, 0.5) is 0 Å². The van der Waals surface area contributed by atoms with Crippen molar-refractivity contribution in [3.63, 3.8) is 0 Å². The Morgan fingerprint density at radius 3 is 2.52 bits per heavy atom. The Hall–Kier alpha value is -1.35.